The summed E-state index contributed by atoms with van der Waals surface area (Å²) >= 11 is 5.84. The molecule has 0 bridgehead atoms. The summed E-state index contributed by atoms with van der Waals surface area (Å²) in [5.74, 6) is 0.212. The highest BCUT2D eigenvalue weighted by Crippen LogP contribution is 2.32. The van der Waals surface area contributed by atoms with E-state index in [0.717, 1.165) is 26.2 Å². The minimum atomic E-state index is -0.298. The average molecular weight is 318 g/mol. The molecule has 7 heteroatoms. The highest BCUT2D eigenvalue weighted by molar-refractivity contribution is 6.32. The molecule has 1 N–H and O–H groups in total. The van der Waals surface area contributed by atoms with Gasteiger partial charge in [0, 0.05) is 32.2 Å². The molecule has 0 aliphatic carbocycles. The predicted octanol–water partition coefficient (Wildman–Crippen LogP) is 2.74. The second kappa shape index (κ2) is 7.89. The van der Waals surface area contributed by atoms with E-state index in [4.69, 9.17) is 16.3 Å². The van der Waals surface area contributed by atoms with Crippen molar-refractivity contribution in [1.82, 2.24) is 5.32 Å². The van der Waals surface area contributed by atoms with Gasteiger partial charge in [-0.1, -0.05) is 11.6 Å². The van der Waals surface area contributed by atoms with Crippen LogP contribution in [0.5, 0.6) is 5.75 Å². The molecule has 0 atom stereocenters. The maximum Gasteiger partial charge on any atom is 0.148 e. The van der Waals surface area contributed by atoms with Crippen LogP contribution in [0.2, 0.25) is 5.02 Å². The summed E-state index contributed by atoms with van der Waals surface area (Å²) < 4.78 is 18.8. The van der Waals surface area contributed by atoms with E-state index in [0.29, 0.717) is 16.5 Å². The third-order valence-corrected chi connectivity index (χ3v) is 2.97. The largest absolute Gasteiger partial charge is 0.495 e. The zero-order chi connectivity index (χ0) is 11.5. The SMILES string of the molecule is COc1cc(N2CCNCC2)c(F)cc1Cl.Cl.Cl. The van der Waals surface area contributed by atoms with Crippen molar-refractivity contribution in [2.45, 2.75) is 0 Å². The Morgan fingerprint density at radius 1 is 1.28 bits per heavy atom. The lowest BCUT2D eigenvalue weighted by Crippen LogP contribution is -2.43. The molecule has 1 fully saturated rings. The molecule has 104 valence electrons. The number of rotatable bonds is 2. The number of methoxy groups -OCH3 is 1. The molecule has 18 heavy (non-hydrogen) atoms. The van der Waals surface area contributed by atoms with Crippen LogP contribution in [0.3, 0.4) is 0 Å². The first-order valence-corrected chi connectivity index (χ1v) is 5.59. The number of halogens is 4. The van der Waals surface area contributed by atoms with Crippen LogP contribution in [0, 0.1) is 5.82 Å². The lowest BCUT2D eigenvalue weighted by atomic mass is 10.2. The van der Waals surface area contributed by atoms with Gasteiger partial charge in [-0.25, -0.2) is 4.39 Å². The Hall–Kier alpha value is -0.420. The van der Waals surface area contributed by atoms with Gasteiger partial charge in [-0.2, -0.15) is 0 Å². The fourth-order valence-electron chi connectivity index (χ4n) is 1.82. The Bertz CT molecular complexity index is 387. The van der Waals surface area contributed by atoms with Crippen molar-refractivity contribution in [3.05, 3.63) is 23.0 Å². The molecule has 1 aromatic rings. The molecule has 3 nitrogen and oxygen atoms in total. The van der Waals surface area contributed by atoms with Crippen molar-refractivity contribution >= 4 is 42.1 Å². The Balaban J connectivity index is 0.00000144. The van der Waals surface area contributed by atoms with E-state index in [1.54, 1.807) is 6.07 Å². The van der Waals surface area contributed by atoms with E-state index in [2.05, 4.69) is 5.32 Å². The summed E-state index contributed by atoms with van der Waals surface area (Å²) in [6.07, 6.45) is 0. The van der Waals surface area contributed by atoms with Gasteiger partial charge >= 0.3 is 0 Å². The Labute approximate surface area is 123 Å². The summed E-state index contributed by atoms with van der Waals surface area (Å²) in [5.41, 5.74) is 0.558. The molecule has 0 spiro atoms. The third-order valence-electron chi connectivity index (χ3n) is 2.68. The molecule has 0 aromatic heterocycles. The predicted molar refractivity (Wildman–Crippen MR) is 77.5 cm³/mol. The Morgan fingerprint density at radius 3 is 2.44 bits per heavy atom. The molecule has 2 rings (SSSR count). The number of hydrogen-bond acceptors (Lipinski definition) is 3. The molecular weight excluding hydrogens is 301 g/mol. The normalized spacial score (nSPS) is 14.5. The number of anilines is 1. The number of benzene rings is 1. The number of nitrogens with one attached hydrogen (secondary N) is 1. The zero-order valence-corrected chi connectivity index (χ0v) is 12.3. The van der Waals surface area contributed by atoms with E-state index >= 15 is 0 Å². The smallest absolute Gasteiger partial charge is 0.148 e. The van der Waals surface area contributed by atoms with Gasteiger partial charge in [0.25, 0.3) is 0 Å². The molecule has 0 amide bonds. The van der Waals surface area contributed by atoms with Crippen molar-refractivity contribution in [1.29, 1.82) is 0 Å². The summed E-state index contributed by atoms with van der Waals surface area (Å²) in [6, 6.07) is 2.96. The fourth-order valence-corrected chi connectivity index (χ4v) is 2.05. The van der Waals surface area contributed by atoms with Gasteiger partial charge < -0.3 is 15.0 Å². The molecular formula is C11H16Cl3FN2O. The lowest BCUT2D eigenvalue weighted by molar-refractivity contribution is 0.413. The number of hydrogen-bond donors (Lipinski definition) is 1. The summed E-state index contributed by atoms with van der Waals surface area (Å²) in [5, 5.41) is 3.53. The molecule has 1 aliphatic rings. The van der Waals surface area contributed by atoms with Crippen LogP contribution in [0.4, 0.5) is 10.1 Å². The van der Waals surface area contributed by atoms with Gasteiger partial charge in [0.1, 0.15) is 11.6 Å². The quantitative estimate of drug-likeness (QED) is 0.908. The van der Waals surface area contributed by atoms with Crippen molar-refractivity contribution in [3.8, 4) is 5.75 Å². The maximum absolute atomic E-state index is 13.7. The van der Waals surface area contributed by atoms with Gasteiger partial charge in [0.2, 0.25) is 0 Å². The minimum absolute atomic E-state index is 0. The monoisotopic (exact) mass is 316 g/mol. The molecule has 0 saturated carbocycles. The first-order chi connectivity index (χ1) is 7.72. The van der Waals surface area contributed by atoms with Crippen LogP contribution >= 0.6 is 36.4 Å². The maximum atomic E-state index is 13.7. The summed E-state index contributed by atoms with van der Waals surface area (Å²) in [6.45, 7) is 3.32. The van der Waals surface area contributed by atoms with Crippen LogP contribution in [-0.4, -0.2) is 33.3 Å². The fraction of sp³-hybridized carbons (Fsp3) is 0.455. The van der Waals surface area contributed by atoms with Crippen LogP contribution in [-0.2, 0) is 0 Å². The van der Waals surface area contributed by atoms with Gasteiger partial charge in [-0.15, -0.1) is 24.8 Å². The number of ether oxygens (including phenoxy) is 1. The van der Waals surface area contributed by atoms with Gasteiger partial charge in [-0.05, 0) is 6.07 Å². The standard InChI is InChI=1S/C11H14ClFN2O.2ClH/c1-16-11-7-10(9(13)6-8(11)12)15-4-2-14-3-5-15;;/h6-7,14H,2-5H2,1H3;2*1H. The molecule has 0 radical (unpaired) electrons. The topological polar surface area (TPSA) is 24.5 Å². The lowest BCUT2D eigenvalue weighted by Gasteiger charge is -2.30. The Morgan fingerprint density at radius 2 is 1.89 bits per heavy atom. The molecule has 1 heterocycles. The first-order valence-electron chi connectivity index (χ1n) is 5.21. The van der Waals surface area contributed by atoms with Gasteiger partial charge in [-0.3, -0.25) is 0 Å². The van der Waals surface area contributed by atoms with E-state index in [1.165, 1.54) is 13.2 Å². The molecule has 0 unspecified atom stereocenters. The van der Waals surface area contributed by atoms with E-state index in [1.807, 2.05) is 4.90 Å². The third kappa shape index (κ3) is 3.79. The van der Waals surface area contributed by atoms with Gasteiger partial charge in [0.15, 0.2) is 0 Å². The molecule has 1 aliphatic heterocycles. The number of nitrogens with zero attached hydrogens (tertiary/aromatic N) is 1. The summed E-state index contributed by atoms with van der Waals surface area (Å²) in [7, 11) is 1.53. The second-order valence-electron chi connectivity index (χ2n) is 3.68. The minimum Gasteiger partial charge on any atom is -0.495 e. The highest BCUT2D eigenvalue weighted by atomic mass is 35.5. The molecule has 1 saturated heterocycles. The number of piperazine rings is 1. The van der Waals surface area contributed by atoms with Crippen LogP contribution in [0.25, 0.3) is 0 Å². The highest BCUT2D eigenvalue weighted by Gasteiger charge is 2.17. The Kier molecular flexibility index (Phi) is 7.71. The van der Waals surface area contributed by atoms with Crippen molar-refractivity contribution in [2.24, 2.45) is 0 Å². The van der Waals surface area contributed by atoms with Crippen molar-refractivity contribution < 1.29 is 9.13 Å². The van der Waals surface area contributed by atoms with E-state index < -0.39 is 0 Å². The van der Waals surface area contributed by atoms with Crippen LogP contribution < -0.4 is 15.0 Å². The van der Waals surface area contributed by atoms with Crippen LogP contribution in [0.1, 0.15) is 0 Å². The van der Waals surface area contributed by atoms with E-state index in [-0.39, 0.29) is 30.6 Å². The van der Waals surface area contributed by atoms with Crippen LogP contribution in [0.15, 0.2) is 12.1 Å². The zero-order valence-electron chi connectivity index (χ0n) is 9.91. The second-order valence-corrected chi connectivity index (χ2v) is 4.08. The van der Waals surface area contributed by atoms with Gasteiger partial charge in [0.05, 0.1) is 17.8 Å². The average Bonchev–Trinajstić information content (AvgIpc) is 2.30. The van der Waals surface area contributed by atoms with E-state index in [9.17, 15) is 4.39 Å². The molecule has 1 aromatic carbocycles. The van der Waals surface area contributed by atoms with Crippen molar-refractivity contribution in [2.75, 3.05) is 38.2 Å². The first kappa shape index (κ1) is 17.6. The van der Waals surface area contributed by atoms with Crippen molar-refractivity contribution in [3.63, 3.8) is 0 Å². The summed E-state index contributed by atoms with van der Waals surface area (Å²) in [4.78, 5) is 1.99.